The van der Waals surface area contributed by atoms with E-state index in [1.165, 1.54) is 20.2 Å². The molecule has 8 heteroatoms. The van der Waals surface area contributed by atoms with Gasteiger partial charge < -0.3 is 19.5 Å². The Hall–Kier alpha value is -1.64. The minimum Gasteiger partial charge on any atom is -0.375 e. The van der Waals surface area contributed by atoms with Gasteiger partial charge in [0.2, 0.25) is 5.88 Å². The second kappa shape index (κ2) is 4.56. The molecule has 100 valence electrons. The number of amides is 2. The topological polar surface area (TPSA) is 99.3 Å². The highest BCUT2D eigenvalue weighted by molar-refractivity contribution is 5.93. The number of carbonyl (C=O) groups excluding carboxylic acids is 1. The zero-order chi connectivity index (χ0) is 13.4. The largest absolute Gasteiger partial charge is 0.375 e. The number of hydrogen-bond acceptors (Lipinski definition) is 6. The molecule has 1 aromatic heterocycles. The van der Waals surface area contributed by atoms with E-state index in [1.54, 1.807) is 6.92 Å². The lowest BCUT2D eigenvalue weighted by Gasteiger charge is -2.15. The summed E-state index contributed by atoms with van der Waals surface area (Å²) in [7, 11) is 2.90. The number of hydrogen-bond donors (Lipinski definition) is 2. The number of aromatic nitrogens is 1. The van der Waals surface area contributed by atoms with E-state index >= 15 is 0 Å². The molecular formula is C10H15N3O5. The Morgan fingerprint density at radius 2 is 2.17 bits per heavy atom. The van der Waals surface area contributed by atoms with Crippen LogP contribution in [0.25, 0.3) is 0 Å². The van der Waals surface area contributed by atoms with Gasteiger partial charge in [0.25, 0.3) is 0 Å². The first-order chi connectivity index (χ1) is 8.47. The number of aliphatic hydroxyl groups excluding tert-OH is 2. The minimum absolute atomic E-state index is 0.0646. The number of carbonyl (C=O) groups is 1. The van der Waals surface area contributed by atoms with Gasteiger partial charge >= 0.3 is 6.03 Å². The summed E-state index contributed by atoms with van der Waals surface area (Å²) >= 11 is 0. The van der Waals surface area contributed by atoms with Crippen LogP contribution in [0, 0.1) is 0 Å². The van der Waals surface area contributed by atoms with Crippen molar-refractivity contribution in [1.82, 2.24) is 10.1 Å². The van der Waals surface area contributed by atoms with Crippen LogP contribution in [0.1, 0.15) is 18.7 Å². The van der Waals surface area contributed by atoms with Crippen LogP contribution in [0.5, 0.6) is 0 Å². The van der Waals surface area contributed by atoms with Gasteiger partial charge in [-0.25, -0.2) is 9.69 Å². The number of methoxy groups -OCH3 is 1. The Bertz CT molecular complexity index is 448. The highest BCUT2D eigenvalue weighted by Gasteiger charge is 2.44. The lowest BCUT2D eigenvalue weighted by Crippen LogP contribution is -2.36. The molecule has 2 amide bonds. The summed E-state index contributed by atoms with van der Waals surface area (Å²) in [6, 6.07) is 0.920. The summed E-state index contributed by atoms with van der Waals surface area (Å²) in [5.74, 6) is 0.0646. The maximum atomic E-state index is 11.8. The number of urea groups is 1. The van der Waals surface area contributed by atoms with E-state index in [0.717, 1.165) is 9.80 Å². The molecule has 0 saturated carbocycles. The average molecular weight is 257 g/mol. The van der Waals surface area contributed by atoms with Crippen molar-refractivity contribution >= 4 is 11.9 Å². The quantitative estimate of drug-likeness (QED) is 0.783. The normalized spacial score (nSPS) is 25.9. The Morgan fingerprint density at radius 1 is 1.50 bits per heavy atom. The van der Waals surface area contributed by atoms with Gasteiger partial charge in [0, 0.05) is 20.2 Å². The second-order valence-corrected chi connectivity index (χ2v) is 4.06. The van der Waals surface area contributed by atoms with Gasteiger partial charge in [-0.2, -0.15) is 0 Å². The van der Waals surface area contributed by atoms with Crippen LogP contribution < -0.4 is 4.90 Å². The molecule has 1 aromatic rings. The molecule has 8 nitrogen and oxygen atoms in total. The molecule has 1 aliphatic rings. The highest BCUT2D eigenvalue weighted by atomic mass is 16.5. The van der Waals surface area contributed by atoms with Crippen molar-refractivity contribution in [2.45, 2.75) is 25.5 Å². The molecule has 0 radical (unpaired) electrons. The summed E-state index contributed by atoms with van der Waals surface area (Å²) in [4.78, 5) is 13.7. The van der Waals surface area contributed by atoms with E-state index < -0.39 is 18.5 Å². The predicted molar refractivity (Wildman–Crippen MR) is 59.6 cm³/mol. The zero-order valence-electron chi connectivity index (χ0n) is 10.3. The van der Waals surface area contributed by atoms with Crippen molar-refractivity contribution in [2.24, 2.45) is 0 Å². The van der Waals surface area contributed by atoms with Gasteiger partial charge in [-0.3, -0.25) is 4.90 Å². The molecule has 2 heterocycles. The third kappa shape index (κ3) is 1.84. The van der Waals surface area contributed by atoms with Crippen LogP contribution in [0.3, 0.4) is 0 Å². The number of likely N-dealkylation sites (N-methyl/N-ethyl adjacent to an activating group) is 1. The average Bonchev–Trinajstić information content (AvgIpc) is 2.90. The van der Waals surface area contributed by atoms with Crippen molar-refractivity contribution in [3.8, 4) is 0 Å². The van der Waals surface area contributed by atoms with Crippen molar-refractivity contribution in [3.05, 3.63) is 11.8 Å². The Labute approximate surface area is 103 Å². The van der Waals surface area contributed by atoms with E-state index in [2.05, 4.69) is 5.16 Å². The molecule has 3 atom stereocenters. The fourth-order valence-corrected chi connectivity index (χ4v) is 1.66. The van der Waals surface area contributed by atoms with Gasteiger partial charge in [-0.1, -0.05) is 5.16 Å². The van der Waals surface area contributed by atoms with Crippen LogP contribution in [-0.4, -0.2) is 52.9 Å². The summed E-state index contributed by atoms with van der Waals surface area (Å²) in [5, 5.41) is 23.1. The molecule has 1 fully saturated rings. The Kier molecular flexibility index (Phi) is 3.24. The SMILES string of the molecule is COC(C)c1cc(N2C(=O)N(C)C(O)C2O)on1. The summed E-state index contributed by atoms with van der Waals surface area (Å²) in [6.45, 7) is 1.77. The fourth-order valence-electron chi connectivity index (χ4n) is 1.66. The lowest BCUT2D eigenvalue weighted by atomic mass is 10.3. The molecule has 2 rings (SSSR count). The molecule has 0 aromatic carbocycles. The maximum absolute atomic E-state index is 11.8. The fraction of sp³-hybridized carbons (Fsp3) is 0.600. The van der Waals surface area contributed by atoms with Crippen LogP contribution >= 0.6 is 0 Å². The van der Waals surface area contributed by atoms with E-state index in [4.69, 9.17) is 9.26 Å². The molecular weight excluding hydrogens is 242 g/mol. The van der Waals surface area contributed by atoms with E-state index in [9.17, 15) is 15.0 Å². The predicted octanol–water partition coefficient (Wildman–Crippen LogP) is -0.109. The first kappa shape index (κ1) is 12.8. The molecule has 0 aliphatic carbocycles. The summed E-state index contributed by atoms with van der Waals surface area (Å²) in [6.07, 6.45) is -2.98. The van der Waals surface area contributed by atoms with Crippen LogP contribution in [0.15, 0.2) is 10.6 Å². The number of nitrogens with zero attached hydrogens (tertiary/aromatic N) is 3. The summed E-state index contributed by atoms with van der Waals surface area (Å²) < 4.78 is 10.0. The van der Waals surface area contributed by atoms with Gasteiger partial charge in [-0.05, 0) is 6.92 Å². The first-order valence-electron chi connectivity index (χ1n) is 5.39. The summed E-state index contributed by atoms with van der Waals surface area (Å²) in [5.41, 5.74) is 0.497. The lowest BCUT2D eigenvalue weighted by molar-refractivity contribution is -0.0190. The van der Waals surface area contributed by atoms with E-state index in [0.29, 0.717) is 5.69 Å². The first-order valence-corrected chi connectivity index (χ1v) is 5.39. The van der Waals surface area contributed by atoms with Gasteiger partial charge in [-0.15, -0.1) is 0 Å². The smallest absolute Gasteiger partial charge is 0.331 e. The minimum atomic E-state index is -1.39. The van der Waals surface area contributed by atoms with Gasteiger partial charge in [0.15, 0.2) is 12.5 Å². The van der Waals surface area contributed by atoms with Crippen molar-refractivity contribution in [1.29, 1.82) is 0 Å². The van der Waals surface area contributed by atoms with E-state index in [1.807, 2.05) is 0 Å². The van der Waals surface area contributed by atoms with E-state index in [-0.39, 0.29) is 12.0 Å². The second-order valence-electron chi connectivity index (χ2n) is 4.06. The Balaban J connectivity index is 2.27. The highest BCUT2D eigenvalue weighted by Crippen LogP contribution is 2.28. The van der Waals surface area contributed by atoms with Gasteiger partial charge in [0.1, 0.15) is 5.69 Å². The molecule has 0 bridgehead atoms. The van der Waals surface area contributed by atoms with Gasteiger partial charge in [0.05, 0.1) is 6.10 Å². The zero-order valence-corrected chi connectivity index (χ0v) is 10.3. The third-order valence-corrected chi connectivity index (χ3v) is 2.96. The number of ether oxygens (including phenoxy) is 1. The van der Waals surface area contributed by atoms with Crippen molar-refractivity contribution in [2.75, 3.05) is 19.1 Å². The van der Waals surface area contributed by atoms with Crippen molar-refractivity contribution < 1.29 is 24.3 Å². The van der Waals surface area contributed by atoms with Crippen LogP contribution in [-0.2, 0) is 4.74 Å². The van der Waals surface area contributed by atoms with Crippen LogP contribution in [0.4, 0.5) is 10.7 Å². The molecule has 1 saturated heterocycles. The van der Waals surface area contributed by atoms with Crippen molar-refractivity contribution in [3.63, 3.8) is 0 Å². The standard InChI is InChI=1S/C10H15N3O5/c1-5(17-3)6-4-7(18-11-6)13-9(15)8(14)12(2)10(13)16/h4-5,8-9,14-15H,1-3H3. The molecule has 18 heavy (non-hydrogen) atoms. The molecule has 3 unspecified atom stereocenters. The number of aliphatic hydroxyl groups is 2. The number of anilines is 1. The van der Waals surface area contributed by atoms with Crippen LogP contribution in [0.2, 0.25) is 0 Å². The Morgan fingerprint density at radius 3 is 2.67 bits per heavy atom. The monoisotopic (exact) mass is 257 g/mol. The molecule has 0 spiro atoms. The number of rotatable bonds is 3. The third-order valence-electron chi connectivity index (χ3n) is 2.96. The molecule has 1 aliphatic heterocycles. The molecule has 2 N–H and O–H groups in total. The maximum Gasteiger partial charge on any atom is 0.331 e.